The first-order valence-electron chi connectivity index (χ1n) is 5.85. The summed E-state index contributed by atoms with van der Waals surface area (Å²) in [5.41, 5.74) is 0. The lowest BCUT2D eigenvalue weighted by atomic mass is 10.3. The Labute approximate surface area is 105 Å². The second-order valence-electron chi connectivity index (χ2n) is 3.98. The van der Waals surface area contributed by atoms with E-state index in [2.05, 4.69) is 25.1 Å². The molecule has 94 valence electrons. The molecular weight excluding hydrogens is 238 g/mol. The van der Waals surface area contributed by atoms with Gasteiger partial charge in [-0.25, -0.2) is 0 Å². The third kappa shape index (κ3) is 4.03. The molecule has 6 nitrogen and oxygen atoms in total. The SMILES string of the molecule is O=C(NCCCN1CCNCC1)c1cnns1. The first-order chi connectivity index (χ1) is 8.36. The van der Waals surface area contributed by atoms with Gasteiger partial charge < -0.3 is 15.5 Å². The van der Waals surface area contributed by atoms with Crippen molar-refractivity contribution >= 4 is 17.4 Å². The van der Waals surface area contributed by atoms with E-state index in [4.69, 9.17) is 0 Å². The van der Waals surface area contributed by atoms with Crippen molar-refractivity contribution in [2.45, 2.75) is 6.42 Å². The predicted molar refractivity (Wildman–Crippen MR) is 66.2 cm³/mol. The smallest absolute Gasteiger partial charge is 0.264 e. The molecule has 0 saturated carbocycles. The third-order valence-electron chi connectivity index (χ3n) is 2.73. The molecule has 0 aromatic carbocycles. The summed E-state index contributed by atoms with van der Waals surface area (Å²) in [6.07, 6.45) is 2.48. The maximum atomic E-state index is 11.6. The number of rotatable bonds is 5. The van der Waals surface area contributed by atoms with Gasteiger partial charge in [0.1, 0.15) is 4.88 Å². The van der Waals surface area contributed by atoms with Gasteiger partial charge in [0.05, 0.1) is 6.20 Å². The lowest BCUT2D eigenvalue weighted by Gasteiger charge is -2.26. The van der Waals surface area contributed by atoms with Crippen LogP contribution in [0, 0.1) is 0 Å². The number of hydrogen-bond acceptors (Lipinski definition) is 6. The van der Waals surface area contributed by atoms with Crippen LogP contribution in [0.25, 0.3) is 0 Å². The maximum Gasteiger partial charge on any atom is 0.264 e. The van der Waals surface area contributed by atoms with Gasteiger partial charge in [-0.2, -0.15) is 0 Å². The summed E-state index contributed by atoms with van der Waals surface area (Å²) in [5, 5.41) is 9.83. The van der Waals surface area contributed by atoms with Crippen molar-refractivity contribution in [2.75, 3.05) is 39.3 Å². The van der Waals surface area contributed by atoms with E-state index in [1.165, 1.54) is 6.20 Å². The van der Waals surface area contributed by atoms with Gasteiger partial charge in [0, 0.05) is 32.7 Å². The fourth-order valence-corrected chi connectivity index (χ4v) is 2.23. The average molecular weight is 255 g/mol. The molecule has 1 saturated heterocycles. The van der Waals surface area contributed by atoms with Gasteiger partial charge in [0.15, 0.2) is 0 Å². The van der Waals surface area contributed by atoms with Crippen LogP contribution in [-0.4, -0.2) is 59.7 Å². The maximum absolute atomic E-state index is 11.6. The van der Waals surface area contributed by atoms with E-state index in [1.807, 2.05) is 0 Å². The molecule has 1 aromatic heterocycles. The Hall–Kier alpha value is -1.05. The van der Waals surface area contributed by atoms with Crippen molar-refractivity contribution in [3.05, 3.63) is 11.1 Å². The van der Waals surface area contributed by atoms with E-state index < -0.39 is 0 Å². The number of hydrogen-bond donors (Lipinski definition) is 2. The minimum Gasteiger partial charge on any atom is -0.351 e. The van der Waals surface area contributed by atoms with Crippen molar-refractivity contribution in [3.63, 3.8) is 0 Å². The van der Waals surface area contributed by atoms with Crippen LogP contribution in [-0.2, 0) is 0 Å². The molecular formula is C10H17N5OS. The van der Waals surface area contributed by atoms with E-state index in [9.17, 15) is 4.79 Å². The number of carbonyl (C=O) groups is 1. The summed E-state index contributed by atoms with van der Waals surface area (Å²) in [7, 11) is 0. The number of amides is 1. The molecule has 2 heterocycles. The molecule has 7 heteroatoms. The van der Waals surface area contributed by atoms with Crippen LogP contribution in [0.2, 0.25) is 0 Å². The van der Waals surface area contributed by atoms with E-state index in [-0.39, 0.29) is 5.91 Å². The van der Waals surface area contributed by atoms with Gasteiger partial charge in [-0.1, -0.05) is 4.49 Å². The number of nitrogens with one attached hydrogen (secondary N) is 2. The Morgan fingerprint density at radius 2 is 2.35 bits per heavy atom. The standard InChI is InChI=1S/C10H17N5OS/c16-10(9-8-13-14-17-9)12-2-1-5-15-6-3-11-4-7-15/h8,11H,1-7H2,(H,12,16). The number of aromatic nitrogens is 2. The number of piperazine rings is 1. The van der Waals surface area contributed by atoms with Crippen LogP contribution in [0.15, 0.2) is 6.20 Å². The molecule has 1 amide bonds. The zero-order valence-corrected chi connectivity index (χ0v) is 10.5. The molecule has 0 aliphatic carbocycles. The minimum absolute atomic E-state index is 0.0692. The Kier molecular flexibility index (Phi) is 4.84. The van der Waals surface area contributed by atoms with E-state index >= 15 is 0 Å². The van der Waals surface area contributed by atoms with E-state index in [0.717, 1.165) is 50.7 Å². The van der Waals surface area contributed by atoms with Crippen molar-refractivity contribution in [3.8, 4) is 0 Å². The average Bonchev–Trinajstić information content (AvgIpc) is 2.89. The summed E-state index contributed by atoms with van der Waals surface area (Å²) in [6, 6.07) is 0. The second-order valence-corrected chi connectivity index (χ2v) is 4.77. The van der Waals surface area contributed by atoms with E-state index in [1.54, 1.807) is 0 Å². The topological polar surface area (TPSA) is 70.2 Å². The van der Waals surface area contributed by atoms with Crippen molar-refractivity contribution in [1.29, 1.82) is 0 Å². The van der Waals surface area contributed by atoms with Gasteiger partial charge in [0.2, 0.25) is 0 Å². The highest BCUT2D eigenvalue weighted by atomic mass is 32.1. The fourth-order valence-electron chi connectivity index (χ4n) is 1.79. The van der Waals surface area contributed by atoms with Crippen LogP contribution in [0.3, 0.4) is 0 Å². The molecule has 0 unspecified atom stereocenters. The molecule has 2 N–H and O–H groups in total. The molecule has 1 aliphatic rings. The predicted octanol–water partition coefficient (Wildman–Crippen LogP) is -0.437. The summed E-state index contributed by atoms with van der Waals surface area (Å²) < 4.78 is 3.66. The highest BCUT2D eigenvalue weighted by Crippen LogP contribution is 2.01. The van der Waals surface area contributed by atoms with Crippen LogP contribution in [0.1, 0.15) is 16.1 Å². The Morgan fingerprint density at radius 3 is 3.06 bits per heavy atom. The van der Waals surface area contributed by atoms with Crippen LogP contribution in [0.5, 0.6) is 0 Å². The van der Waals surface area contributed by atoms with Crippen LogP contribution < -0.4 is 10.6 Å². The summed E-state index contributed by atoms with van der Waals surface area (Å²) in [5.74, 6) is -0.0692. The zero-order valence-electron chi connectivity index (χ0n) is 9.69. The van der Waals surface area contributed by atoms with Crippen LogP contribution in [0.4, 0.5) is 0 Å². The lowest BCUT2D eigenvalue weighted by Crippen LogP contribution is -2.44. The molecule has 0 radical (unpaired) electrons. The number of carbonyl (C=O) groups excluding carboxylic acids is 1. The number of nitrogens with zero attached hydrogens (tertiary/aromatic N) is 3. The monoisotopic (exact) mass is 255 g/mol. The summed E-state index contributed by atoms with van der Waals surface area (Å²) in [4.78, 5) is 14.5. The highest BCUT2D eigenvalue weighted by Gasteiger charge is 2.10. The van der Waals surface area contributed by atoms with Crippen LogP contribution >= 0.6 is 11.5 Å². The first kappa shape index (κ1) is 12.4. The van der Waals surface area contributed by atoms with Gasteiger partial charge in [-0.05, 0) is 24.5 Å². The largest absolute Gasteiger partial charge is 0.351 e. The van der Waals surface area contributed by atoms with E-state index in [0.29, 0.717) is 11.4 Å². The first-order valence-corrected chi connectivity index (χ1v) is 6.62. The van der Waals surface area contributed by atoms with Gasteiger partial charge in [-0.15, -0.1) is 5.10 Å². The van der Waals surface area contributed by atoms with Gasteiger partial charge >= 0.3 is 0 Å². The van der Waals surface area contributed by atoms with Crippen molar-refractivity contribution < 1.29 is 4.79 Å². The Balaban J connectivity index is 1.58. The molecule has 2 rings (SSSR count). The Morgan fingerprint density at radius 1 is 1.53 bits per heavy atom. The molecule has 0 spiro atoms. The highest BCUT2D eigenvalue weighted by molar-refractivity contribution is 7.07. The zero-order chi connectivity index (χ0) is 11.9. The summed E-state index contributed by atoms with van der Waals surface area (Å²) >= 11 is 1.13. The normalized spacial score (nSPS) is 16.9. The fraction of sp³-hybridized carbons (Fsp3) is 0.700. The third-order valence-corrected chi connectivity index (χ3v) is 3.39. The molecule has 1 fully saturated rings. The molecule has 0 atom stereocenters. The van der Waals surface area contributed by atoms with Gasteiger partial charge in [0.25, 0.3) is 5.91 Å². The molecule has 1 aromatic rings. The molecule has 0 bridgehead atoms. The molecule has 1 aliphatic heterocycles. The Bertz CT molecular complexity index is 336. The van der Waals surface area contributed by atoms with Gasteiger partial charge in [-0.3, -0.25) is 4.79 Å². The minimum atomic E-state index is -0.0692. The quantitative estimate of drug-likeness (QED) is 0.698. The summed E-state index contributed by atoms with van der Waals surface area (Å²) in [6.45, 7) is 6.10. The van der Waals surface area contributed by atoms with Crippen molar-refractivity contribution in [1.82, 2.24) is 25.1 Å². The van der Waals surface area contributed by atoms with Crippen molar-refractivity contribution in [2.24, 2.45) is 0 Å². The molecule has 17 heavy (non-hydrogen) atoms. The second kappa shape index (κ2) is 6.63. The lowest BCUT2D eigenvalue weighted by molar-refractivity contribution is 0.0955.